The molecule has 0 bridgehead atoms. The van der Waals surface area contributed by atoms with Crippen LogP contribution in [0.4, 0.5) is 0 Å². The van der Waals surface area contributed by atoms with Crippen molar-refractivity contribution in [3.63, 3.8) is 0 Å². The van der Waals surface area contributed by atoms with E-state index in [1.807, 2.05) is 17.0 Å². The predicted octanol–water partition coefficient (Wildman–Crippen LogP) is 4.17. The number of nitrogens with one attached hydrogen (secondary N) is 1. The molecule has 0 atom stereocenters. The van der Waals surface area contributed by atoms with Crippen molar-refractivity contribution in [1.29, 1.82) is 0 Å². The van der Waals surface area contributed by atoms with Crippen molar-refractivity contribution in [3.8, 4) is 0 Å². The van der Waals surface area contributed by atoms with E-state index >= 15 is 0 Å². The van der Waals surface area contributed by atoms with Gasteiger partial charge < -0.3 is 10.2 Å². The van der Waals surface area contributed by atoms with E-state index in [2.05, 4.69) is 33.4 Å². The highest BCUT2D eigenvalue weighted by molar-refractivity contribution is 9.10. The van der Waals surface area contributed by atoms with Crippen LogP contribution in [0.15, 0.2) is 28.7 Å². The van der Waals surface area contributed by atoms with Crippen LogP contribution in [0.5, 0.6) is 0 Å². The number of nitrogens with zero attached hydrogens (tertiary/aromatic N) is 1. The van der Waals surface area contributed by atoms with Gasteiger partial charge in [-0.3, -0.25) is 9.59 Å². The van der Waals surface area contributed by atoms with Gasteiger partial charge in [0.25, 0.3) is 0 Å². The second-order valence-corrected chi connectivity index (χ2v) is 8.51. The topological polar surface area (TPSA) is 49.4 Å². The van der Waals surface area contributed by atoms with Gasteiger partial charge in [-0.25, -0.2) is 0 Å². The molecule has 1 saturated heterocycles. The van der Waals surface area contributed by atoms with Crippen LogP contribution < -0.4 is 5.32 Å². The highest BCUT2D eigenvalue weighted by atomic mass is 79.9. The van der Waals surface area contributed by atoms with Crippen molar-refractivity contribution in [3.05, 3.63) is 34.3 Å². The fourth-order valence-corrected chi connectivity index (χ4v) is 4.59. The zero-order chi connectivity index (χ0) is 18.4. The van der Waals surface area contributed by atoms with Gasteiger partial charge >= 0.3 is 0 Å². The van der Waals surface area contributed by atoms with Crippen molar-refractivity contribution < 1.29 is 9.59 Å². The van der Waals surface area contributed by atoms with Gasteiger partial charge in [0.05, 0.1) is 5.41 Å². The third-order valence-electron chi connectivity index (χ3n) is 5.87. The summed E-state index contributed by atoms with van der Waals surface area (Å²) in [6, 6.07) is 8.12. The minimum Gasteiger partial charge on any atom is -0.355 e. The summed E-state index contributed by atoms with van der Waals surface area (Å²) < 4.78 is 1.03. The van der Waals surface area contributed by atoms with E-state index in [1.54, 1.807) is 0 Å². The summed E-state index contributed by atoms with van der Waals surface area (Å²) in [4.78, 5) is 27.4. The average Bonchev–Trinajstić information content (AvgIpc) is 2.98. The van der Waals surface area contributed by atoms with Crippen LogP contribution in [0, 0.1) is 0 Å². The van der Waals surface area contributed by atoms with Crippen LogP contribution in [-0.4, -0.2) is 36.3 Å². The molecule has 1 saturated carbocycles. The number of likely N-dealkylation sites (tertiary alicyclic amines) is 1. The van der Waals surface area contributed by atoms with Gasteiger partial charge in [-0.05, 0) is 43.4 Å². The number of carbonyl (C=O) groups excluding carboxylic acids is 2. The van der Waals surface area contributed by atoms with Crippen LogP contribution in [0.2, 0.25) is 0 Å². The first-order valence-electron chi connectivity index (χ1n) is 9.94. The number of carbonyl (C=O) groups is 2. The van der Waals surface area contributed by atoms with Crippen LogP contribution >= 0.6 is 15.9 Å². The van der Waals surface area contributed by atoms with Crippen molar-refractivity contribution in [2.45, 2.75) is 63.2 Å². The summed E-state index contributed by atoms with van der Waals surface area (Å²) in [6.07, 6.45) is 8.98. The van der Waals surface area contributed by atoms with Gasteiger partial charge in [0.1, 0.15) is 0 Å². The molecule has 2 fully saturated rings. The Morgan fingerprint density at radius 1 is 0.962 bits per heavy atom. The van der Waals surface area contributed by atoms with E-state index in [4.69, 9.17) is 0 Å². The molecule has 1 heterocycles. The minimum absolute atomic E-state index is 0.0842. The largest absolute Gasteiger partial charge is 0.355 e. The molecule has 0 aromatic heterocycles. The molecular formula is C21H29BrN2O2. The first-order chi connectivity index (χ1) is 12.6. The Labute approximate surface area is 164 Å². The lowest BCUT2D eigenvalue weighted by atomic mass is 9.78. The monoisotopic (exact) mass is 420 g/mol. The molecular weight excluding hydrogens is 392 g/mol. The maximum absolute atomic E-state index is 13.0. The van der Waals surface area contributed by atoms with Gasteiger partial charge in [-0.15, -0.1) is 0 Å². The lowest BCUT2D eigenvalue weighted by Crippen LogP contribution is -2.44. The highest BCUT2D eigenvalue weighted by Crippen LogP contribution is 2.41. The number of benzene rings is 1. The molecule has 3 rings (SSSR count). The molecule has 1 aliphatic heterocycles. The first kappa shape index (κ1) is 19.4. The van der Waals surface area contributed by atoms with Crippen LogP contribution in [0.3, 0.4) is 0 Å². The predicted molar refractivity (Wildman–Crippen MR) is 107 cm³/mol. The second-order valence-electron chi connectivity index (χ2n) is 7.60. The zero-order valence-electron chi connectivity index (χ0n) is 15.4. The quantitative estimate of drug-likeness (QED) is 0.776. The Bertz CT molecular complexity index is 615. The van der Waals surface area contributed by atoms with Crippen LogP contribution in [0.25, 0.3) is 0 Å². The Morgan fingerprint density at radius 3 is 2.19 bits per heavy atom. The number of halogens is 1. The van der Waals surface area contributed by atoms with Crippen molar-refractivity contribution in [2.24, 2.45) is 0 Å². The maximum atomic E-state index is 13.0. The standard InChI is InChI=1S/C21H29BrN2O2/c22-18-9-7-17(8-10-18)21(12-3-4-13-21)20(26)23-14-11-19(25)24-15-5-1-2-6-16-24/h7-10H,1-6,11-16H2,(H,23,26). The summed E-state index contributed by atoms with van der Waals surface area (Å²) in [7, 11) is 0. The highest BCUT2D eigenvalue weighted by Gasteiger charge is 2.42. The van der Waals surface area contributed by atoms with Gasteiger partial charge in [-0.1, -0.05) is 53.7 Å². The first-order valence-corrected chi connectivity index (χ1v) is 10.7. The molecule has 1 aliphatic carbocycles. The normalized spacial score (nSPS) is 19.8. The molecule has 1 aromatic carbocycles. The minimum atomic E-state index is -0.424. The molecule has 5 heteroatoms. The smallest absolute Gasteiger partial charge is 0.230 e. The molecule has 2 amide bonds. The molecule has 0 radical (unpaired) electrons. The lowest BCUT2D eigenvalue weighted by molar-refractivity contribution is -0.131. The summed E-state index contributed by atoms with van der Waals surface area (Å²) in [5, 5.41) is 3.07. The van der Waals surface area contributed by atoms with E-state index in [0.717, 1.165) is 61.7 Å². The van der Waals surface area contributed by atoms with E-state index in [9.17, 15) is 9.59 Å². The summed E-state index contributed by atoms with van der Waals surface area (Å²) in [6.45, 7) is 2.18. The molecule has 4 nitrogen and oxygen atoms in total. The zero-order valence-corrected chi connectivity index (χ0v) is 17.0. The number of hydrogen-bond donors (Lipinski definition) is 1. The van der Waals surface area contributed by atoms with Crippen molar-refractivity contribution >= 4 is 27.7 Å². The molecule has 0 spiro atoms. The average molecular weight is 421 g/mol. The van der Waals surface area contributed by atoms with Crippen LogP contribution in [0.1, 0.15) is 63.4 Å². The third-order valence-corrected chi connectivity index (χ3v) is 6.40. The van der Waals surface area contributed by atoms with Gasteiger partial charge in [0, 0.05) is 30.5 Å². The number of hydrogen-bond acceptors (Lipinski definition) is 2. The van der Waals surface area contributed by atoms with Crippen LogP contribution in [-0.2, 0) is 15.0 Å². The second kappa shape index (κ2) is 9.03. The Balaban J connectivity index is 1.57. The number of rotatable bonds is 5. The third kappa shape index (κ3) is 4.48. The SMILES string of the molecule is O=C(CCNC(=O)C1(c2ccc(Br)cc2)CCCC1)N1CCCCCC1. The van der Waals surface area contributed by atoms with Crippen molar-refractivity contribution in [2.75, 3.05) is 19.6 Å². The molecule has 26 heavy (non-hydrogen) atoms. The molecule has 1 N–H and O–H groups in total. The lowest BCUT2D eigenvalue weighted by Gasteiger charge is -2.28. The molecule has 142 valence electrons. The van der Waals surface area contributed by atoms with Gasteiger partial charge in [0.2, 0.25) is 11.8 Å². The fraction of sp³-hybridized carbons (Fsp3) is 0.619. The molecule has 0 unspecified atom stereocenters. The van der Waals surface area contributed by atoms with E-state index in [-0.39, 0.29) is 11.8 Å². The maximum Gasteiger partial charge on any atom is 0.230 e. The molecule has 1 aromatic rings. The summed E-state index contributed by atoms with van der Waals surface area (Å²) in [5.41, 5.74) is 0.668. The van der Waals surface area contributed by atoms with E-state index in [0.29, 0.717) is 13.0 Å². The van der Waals surface area contributed by atoms with E-state index in [1.165, 1.54) is 12.8 Å². The Hall–Kier alpha value is -1.36. The van der Waals surface area contributed by atoms with Gasteiger partial charge in [0.15, 0.2) is 0 Å². The Kier molecular flexibility index (Phi) is 6.74. The molecule has 2 aliphatic rings. The number of amides is 2. The summed E-state index contributed by atoms with van der Waals surface area (Å²) >= 11 is 3.47. The van der Waals surface area contributed by atoms with Gasteiger partial charge in [-0.2, -0.15) is 0 Å². The van der Waals surface area contributed by atoms with E-state index < -0.39 is 5.41 Å². The Morgan fingerprint density at radius 2 is 1.58 bits per heavy atom. The van der Waals surface area contributed by atoms with Crippen molar-refractivity contribution in [1.82, 2.24) is 10.2 Å². The fourth-order valence-electron chi connectivity index (χ4n) is 4.32. The summed E-state index contributed by atoms with van der Waals surface area (Å²) in [5.74, 6) is 0.261.